The van der Waals surface area contributed by atoms with Gasteiger partial charge >= 0.3 is 0 Å². The third kappa shape index (κ3) is 2.67. The molecule has 2 aromatic carbocycles. The lowest BCUT2D eigenvalue weighted by atomic mass is 9.95. The maximum Gasteiger partial charge on any atom is 0.266 e. The highest BCUT2D eigenvalue weighted by Crippen LogP contribution is 2.32. The Morgan fingerprint density at radius 3 is 2.14 bits per heavy atom. The van der Waals surface area contributed by atoms with Crippen molar-refractivity contribution >= 4 is 17.3 Å². The topological polar surface area (TPSA) is 121 Å². The van der Waals surface area contributed by atoms with Crippen LogP contribution < -0.4 is 22.9 Å². The minimum atomic E-state index is -0.770. The second-order valence-electron chi connectivity index (χ2n) is 4.77. The zero-order chi connectivity index (χ0) is 15.6. The highest BCUT2D eigenvalue weighted by atomic mass is 16.1. The predicted octanol–water partition coefficient (Wildman–Crippen LogP) is 1.32. The van der Waals surface area contributed by atoms with Gasteiger partial charge in [0.2, 0.25) is 0 Å². The van der Waals surface area contributed by atoms with Crippen molar-refractivity contribution in [1.29, 1.82) is 0 Å². The fourth-order valence-corrected chi connectivity index (χ4v) is 2.19. The maximum atomic E-state index is 11.2. The summed E-state index contributed by atoms with van der Waals surface area (Å²) in [7, 11) is 0. The average Bonchev–Trinajstić information content (AvgIpc) is 2.47. The number of primary amides is 1. The summed E-state index contributed by atoms with van der Waals surface area (Å²) in [5.74, 6) is -0.770. The molecule has 0 bridgehead atoms. The third-order valence-corrected chi connectivity index (χ3v) is 3.39. The molecule has 0 radical (unpaired) electrons. The van der Waals surface area contributed by atoms with E-state index in [9.17, 15) is 4.79 Å². The van der Waals surface area contributed by atoms with Gasteiger partial charge in [0.25, 0.3) is 5.91 Å². The van der Waals surface area contributed by atoms with Gasteiger partial charge in [0, 0.05) is 16.8 Å². The van der Waals surface area contributed by atoms with Gasteiger partial charge in [0.05, 0.1) is 5.70 Å². The van der Waals surface area contributed by atoms with Gasteiger partial charge in [0.1, 0.15) is 5.70 Å². The third-order valence-electron chi connectivity index (χ3n) is 3.39. The molecule has 5 heteroatoms. The summed E-state index contributed by atoms with van der Waals surface area (Å²) in [6.45, 7) is 2.00. The van der Waals surface area contributed by atoms with Gasteiger partial charge in [-0.2, -0.15) is 0 Å². The van der Waals surface area contributed by atoms with E-state index in [1.807, 2.05) is 43.3 Å². The molecular formula is C16H18N4O. The van der Waals surface area contributed by atoms with Crippen molar-refractivity contribution in [2.24, 2.45) is 17.2 Å². The number of carbonyl (C=O) groups is 1. The number of anilines is 1. The molecule has 0 fully saturated rings. The summed E-state index contributed by atoms with van der Waals surface area (Å²) in [6, 6.07) is 13.3. The van der Waals surface area contributed by atoms with Crippen molar-refractivity contribution < 1.29 is 4.79 Å². The Morgan fingerprint density at radius 2 is 1.52 bits per heavy atom. The molecule has 0 saturated carbocycles. The Kier molecular flexibility index (Phi) is 3.84. The summed E-state index contributed by atoms with van der Waals surface area (Å²) >= 11 is 0. The zero-order valence-corrected chi connectivity index (χ0v) is 11.8. The molecule has 0 aliphatic heterocycles. The SMILES string of the molecule is Cc1ccccc1-c1cccc(/C(N)=C(\N)C(N)=O)c1N. The van der Waals surface area contributed by atoms with E-state index in [1.54, 1.807) is 6.07 Å². The zero-order valence-electron chi connectivity index (χ0n) is 11.8. The van der Waals surface area contributed by atoms with E-state index < -0.39 is 5.91 Å². The van der Waals surface area contributed by atoms with E-state index in [4.69, 9.17) is 22.9 Å². The molecule has 0 aliphatic rings. The predicted molar refractivity (Wildman–Crippen MR) is 85.5 cm³/mol. The van der Waals surface area contributed by atoms with Crippen molar-refractivity contribution in [2.45, 2.75) is 6.92 Å². The summed E-state index contributed by atoms with van der Waals surface area (Å²) in [5, 5.41) is 0. The number of hydrogen-bond donors (Lipinski definition) is 4. The molecule has 108 valence electrons. The van der Waals surface area contributed by atoms with E-state index in [-0.39, 0.29) is 11.4 Å². The van der Waals surface area contributed by atoms with Gasteiger partial charge < -0.3 is 22.9 Å². The number of nitrogen functional groups attached to an aromatic ring is 1. The summed E-state index contributed by atoms with van der Waals surface area (Å²) in [5.41, 5.74) is 26.7. The monoisotopic (exact) mass is 282 g/mol. The quantitative estimate of drug-likeness (QED) is 0.501. The maximum absolute atomic E-state index is 11.2. The van der Waals surface area contributed by atoms with Crippen LogP contribution in [0.15, 0.2) is 48.2 Å². The molecule has 0 aliphatic carbocycles. The Labute approximate surface area is 123 Å². The van der Waals surface area contributed by atoms with Crippen LogP contribution in [0, 0.1) is 6.92 Å². The lowest BCUT2D eigenvalue weighted by molar-refractivity contribution is -0.114. The van der Waals surface area contributed by atoms with Crippen LogP contribution in [-0.2, 0) is 4.79 Å². The normalized spacial score (nSPS) is 11.9. The van der Waals surface area contributed by atoms with Crippen LogP contribution in [0.4, 0.5) is 5.69 Å². The molecule has 5 nitrogen and oxygen atoms in total. The van der Waals surface area contributed by atoms with Crippen molar-refractivity contribution in [3.05, 3.63) is 59.3 Å². The Morgan fingerprint density at radius 1 is 0.905 bits per heavy atom. The van der Waals surface area contributed by atoms with Gasteiger partial charge in [-0.05, 0) is 18.1 Å². The van der Waals surface area contributed by atoms with E-state index in [1.165, 1.54) is 0 Å². The standard InChI is InChI=1S/C16H18N4O/c1-9-5-2-3-6-10(9)11-7-4-8-12(13(11)17)14(18)15(19)16(20)21/h2-8H,17-19H2,1H3,(H2,20,21)/b15-14+. The van der Waals surface area contributed by atoms with E-state index in [0.29, 0.717) is 11.3 Å². The summed E-state index contributed by atoms with van der Waals surface area (Å²) < 4.78 is 0. The van der Waals surface area contributed by atoms with Crippen LogP contribution in [0.2, 0.25) is 0 Å². The number of para-hydroxylation sites is 1. The van der Waals surface area contributed by atoms with Gasteiger partial charge in [0.15, 0.2) is 0 Å². The summed E-state index contributed by atoms with van der Waals surface area (Å²) in [4.78, 5) is 11.2. The number of carbonyl (C=O) groups excluding carboxylic acids is 1. The average molecular weight is 282 g/mol. The van der Waals surface area contributed by atoms with Crippen LogP contribution >= 0.6 is 0 Å². The van der Waals surface area contributed by atoms with Crippen LogP contribution in [-0.4, -0.2) is 5.91 Å². The number of aryl methyl sites for hydroxylation is 1. The molecule has 8 N–H and O–H groups in total. The highest BCUT2D eigenvalue weighted by molar-refractivity contribution is 6.00. The molecule has 2 rings (SSSR count). The lowest BCUT2D eigenvalue weighted by Crippen LogP contribution is -2.24. The van der Waals surface area contributed by atoms with Crippen LogP contribution in [0.25, 0.3) is 16.8 Å². The van der Waals surface area contributed by atoms with Crippen LogP contribution in [0.5, 0.6) is 0 Å². The van der Waals surface area contributed by atoms with Gasteiger partial charge in [-0.3, -0.25) is 4.79 Å². The first kappa shape index (κ1) is 14.5. The van der Waals surface area contributed by atoms with Crippen molar-refractivity contribution in [3.63, 3.8) is 0 Å². The molecule has 0 atom stereocenters. The first-order valence-corrected chi connectivity index (χ1v) is 6.43. The molecule has 21 heavy (non-hydrogen) atoms. The number of amides is 1. The number of nitrogens with two attached hydrogens (primary N) is 4. The largest absolute Gasteiger partial charge is 0.398 e. The Balaban J connectivity index is 2.65. The summed E-state index contributed by atoms with van der Waals surface area (Å²) in [6.07, 6.45) is 0. The second kappa shape index (κ2) is 5.58. The number of benzene rings is 2. The minimum Gasteiger partial charge on any atom is -0.398 e. The molecule has 0 unspecified atom stereocenters. The van der Waals surface area contributed by atoms with Crippen molar-refractivity contribution in [2.75, 3.05) is 5.73 Å². The molecule has 0 spiro atoms. The highest BCUT2D eigenvalue weighted by Gasteiger charge is 2.14. The molecular weight excluding hydrogens is 264 g/mol. The number of hydrogen-bond acceptors (Lipinski definition) is 4. The van der Waals surface area contributed by atoms with E-state index >= 15 is 0 Å². The first-order valence-electron chi connectivity index (χ1n) is 6.43. The van der Waals surface area contributed by atoms with Crippen LogP contribution in [0.3, 0.4) is 0 Å². The number of rotatable bonds is 3. The fourth-order valence-electron chi connectivity index (χ4n) is 2.19. The first-order chi connectivity index (χ1) is 9.93. The molecule has 0 aromatic heterocycles. The van der Waals surface area contributed by atoms with E-state index in [2.05, 4.69) is 0 Å². The molecule has 2 aromatic rings. The van der Waals surface area contributed by atoms with Gasteiger partial charge in [-0.1, -0.05) is 42.5 Å². The Hall–Kier alpha value is -2.95. The fraction of sp³-hybridized carbons (Fsp3) is 0.0625. The molecule has 0 heterocycles. The van der Waals surface area contributed by atoms with E-state index in [0.717, 1.165) is 16.7 Å². The molecule has 1 amide bonds. The van der Waals surface area contributed by atoms with Crippen LogP contribution in [0.1, 0.15) is 11.1 Å². The van der Waals surface area contributed by atoms with Crippen molar-refractivity contribution in [1.82, 2.24) is 0 Å². The lowest BCUT2D eigenvalue weighted by Gasteiger charge is -2.14. The van der Waals surface area contributed by atoms with Gasteiger partial charge in [-0.15, -0.1) is 0 Å². The van der Waals surface area contributed by atoms with Gasteiger partial charge in [-0.25, -0.2) is 0 Å². The Bertz CT molecular complexity index is 735. The smallest absolute Gasteiger partial charge is 0.266 e. The minimum absolute atomic E-state index is 0.0930. The van der Waals surface area contributed by atoms with Crippen molar-refractivity contribution in [3.8, 4) is 11.1 Å². The molecule has 0 saturated heterocycles. The second-order valence-corrected chi connectivity index (χ2v) is 4.77.